The summed E-state index contributed by atoms with van der Waals surface area (Å²) in [5.74, 6) is -0.109. The number of nitrogens with one attached hydrogen (secondary N) is 2. The van der Waals surface area contributed by atoms with Crippen molar-refractivity contribution in [1.82, 2.24) is 14.9 Å². The van der Waals surface area contributed by atoms with Crippen LogP contribution < -0.4 is 5.69 Å². The molecule has 1 saturated heterocycles. The van der Waals surface area contributed by atoms with Crippen LogP contribution in [0.5, 0.6) is 0 Å². The quantitative estimate of drug-likeness (QED) is 0.702. The highest BCUT2D eigenvalue weighted by atomic mass is 35.5. The minimum atomic E-state index is -0.296. The molecule has 0 spiro atoms. The fourth-order valence-corrected chi connectivity index (χ4v) is 3.40. The van der Waals surface area contributed by atoms with Gasteiger partial charge in [0.15, 0.2) is 0 Å². The molecule has 1 aromatic heterocycles. The van der Waals surface area contributed by atoms with Gasteiger partial charge >= 0.3 is 5.69 Å². The van der Waals surface area contributed by atoms with E-state index in [2.05, 4.69) is 9.97 Å². The van der Waals surface area contributed by atoms with E-state index in [0.29, 0.717) is 46.3 Å². The minimum absolute atomic E-state index is 0.109. The normalized spacial score (nSPS) is 17.6. The number of morpholine rings is 1. The number of ether oxygens (including phenoxy) is 1. The average molecular weight is 392 g/mol. The first-order valence-corrected chi connectivity index (χ1v) is 8.85. The zero-order valence-electron chi connectivity index (χ0n) is 13.6. The number of nitrogens with zero attached hydrogens (tertiary/aromatic N) is 1. The van der Waals surface area contributed by atoms with Gasteiger partial charge in [-0.25, -0.2) is 4.79 Å². The topological polar surface area (TPSA) is 78.2 Å². The smallest absolute Gasteiger partial charge is 0.323 e. The van der Waals surface area contributed by atoms with Crippen molar-refractivity contribution in [3.63, 3.8) is 0 Å². The van der Waals surface area contributed by atoms with Gasteiger partial charge in [0, 0.05) is 12.1 Å². The Labute approximate surface area is 158 Å². The van der Waals surface area contributed by atoms with Crippen LogP contribution in [0.15, 0.2) is 41.2 Å². The average Bonchev–Trinajstić information content (AvgIpc) is 3.02. The lowest BCUT2D eigenvalue weighted by Crippen LogP contribution is -2.42. The zero-order chi connectivity index (χ0) is 18.3. The third-order valence-electron chi connectivity index (χ3n) is 4.43. The lowest BCUT2D eigenvalue weighted by atomic mass is 10.1. The minimum Gasteiger partial charge on any atom is -0.370 e. The third kappa shape index (κ3) is 3.23. The van der Waals surface area contributed by atoms with E-state index < -0.39 is 0 Å². The summed E-state index contributed by atoms with van der Waals surface area (Å²) < 4.78 is 5.80. The summed E-state index contributed by atoms with van der Waals surface area (Å²) >= 11 is 12.0. The first kappa shape index (κ1) is 17.1. The molecule has 0 radical (unpaired) electrons. The second kappa shape index (κ2) is 6.79. The van der Waals surface area contributed by atoms with Gasteiger partial charge in [0.25, 0.3) is 5.91 Å². The Morgan fingerprint density at radius 2 is 1.88 bits per heavy atom. The van der Waals surface area contributed by atoms with Crippen LogP contribution in [-0.4, -0.2) is 40.5 Å². The van der Waals surface area contributed by atoms with Crippen LogP contribution in [0.2, 0.25) is 10.0 Å². The van der Waals surface area contributed by atoms with Gasteiger partial charge in [-0.15, -0.1) is 0 Å². The summed E-state index contributed by atoms with van der Waals surface area (Å²) in [6, 6.07) is 10.4. The van der Waals surface area contributed by atoms with Gasteiger partial charge in [-0.2, -0.15) is 0 Å². The van der Waals surface area contributed by atoms with Gasteiger partial charge < -0.3 is 19.6 Å². The molecule has 1 atom stereocenters. The summed E-state index contributed by atoms with van der Waals surface area (Å²) in [5.41, 5.74) is 2.37. The number of amides is 1. The number of hydrogen-bond donors (Lipinski definition) is 2. The Balaban J connectivity index is 1.56. The number of rotatable bonds is 2. The molecular weight excluding hydrogens is 377 g/mol. The molecule has 8 heteroatoms. The summed E-state index contributed by atoms with van der Waals surface area (Å²) in [7, 11) is 0. The van der Waals surface area contributed by atoms with E-state index in [1.165, 1.54) is 0 Å². The van der Waals surface area contributed by atoms with Crippen LogP contribution in [0, 0.1) is 0 Å². The highest BCUT2D eigenvalue weighted by molar-refractivity contribution is 6.42. The molecule has 26 heavy (non-hydrogen) atoms. The van der Waals surface area contributed by atoms with Crippen molar-refractivity contribution in [2.75, 3.05) is 19.7 Å². The summed E-state index contributed by atoms with van der Waals surface area (Å²) in [6.07, 6.45) is -0.265. The standard InChI is InChI=1S/C18H15Cl2N3O3/c19-12-3-1-10(7-13(12)20)16-9-23(5-6-26-16)17(24)11-2-4-14-15(8-11)22-18(25)21-14/h1-4,7-8,16H,5-6,9H2,(H2,21,22,25)/t16-/m0/s1. The lowest BCUT2D eigenvalue weighted by Gasteiger charge is -2.33. The Morgan fingerprint density at radius 3 is 2.69 bits per heavy atom. The van der Waals surface area contributed by atoms with E-state index >= 15 is 0 Å². The molecule has 1 aliphatic heterocycles. The molecule has 3 aromatic rings. The van der Waals surface area contributed by atoms with E-state index in [0.717, 1.165) is 5.56 Å². The summed E-state index contributed by atoms with van der Waals surface area (Å²) in [4.78, 5) is 31.3. The van der Waals surface area contributed by atoms with E-state index in [4.69, 9.17) is 27.9 Å². The molecule has 4 rings (SSSR count). The number of carbonyl (C=O) groups is 1. The van der Waals surface area contributed by atoms with Crippen molar-refractivity contribution in [3.05, 3.63) is 68.1 Å². The fraction of sp³-hybridized carbons (Fsp3) is 0.222. The molecule has 2 aromatic carbocycles. The van der Waals surface area contributed by atoms with E-state index in [1.807, 2.05) is 6.07 Å². The molecule has 0 unspecified atom stereocenters. The maximum absolute atomic E-state index is 12.9. The zero-order valence-corrected chi connectivity index (χ0v) is 15.1. The second-order valence-electron chi connectivity index (χ2n) is 6.12. The first-order chi connectivity index (χ1) is 12.5. The molecule has 1 fully saturated rings. The predicted molar refractivity (Wildman–Crippen MR) is 100.0 cm³/mol. The summed E-state index contributed by atoms with van der Waals surface area (Å²) in [6.45, 7) is 1.34. The van der Waals surface area contributed by atoms with Crippen molar-refractivity contribution in [1.29, 1.82) is 0 Å². The number of aromatic nitrogens is 2. The van der Waals surface area contributed by atoms with E-state index in [-0.39, 0.29) is 17.7 Å². The van der Waals surface area contributed by atoms with Crippen molar-refractivity contribution >= 4 is 40.1 Å². The molecule has 2 heterocycles. The van der Waals surface area contributed by atoms with Gasteiger partial charge in [0.2, 0.25) is 0 Å². The largest absolute Gasteiger partial charge is 0.370 e. The number of fused-ring (bicyclic) bond motifs is 1. The molecule has 0 aliphatic carbocycles. The Hall–Kier alpha value is -2.28. The Kier molecular flexibility index (Phi) is 4.48. The molecule has 1 amide bonds. The van der Waals surface area contributed by atoms with Crippen molar-refractivity contribution < 1.29 is 9.53 Å². The Morgan fingerprint density at radius 1 is 1.08 bits per heavy atom. The molecule has 134 valence electrons. The number of benzene rings is 2. The van der Waals surface area contributed by atoms with Crippen LogP contribution in [-0.2, 0) is 4.74 Å². The molecule has 6 nitrogen and oxygen atoms in total. The second-order valence-corrected chi connectivity index (χ2v) is 6.94. The van der Waals surface area contributed by atoms with Gasteiger partial charge in [-0.05, 0) is 35.9 Å². The van der Waals surface area contributed by atoms with E-state index in [9.17, 15) is 9.59 Å². The lowest BCUT2D eigenvalue weighted by molar-refractivity contribution is -0.0228. The number of carbonyl (C=O) groups excluding carboxylic acids is 1. The molecule has 1 aliphatic rings. The maximum Gasteiger partial charge on any atom is 0.323 e. The molecule has 0 bridgehead atoms. The number of H-pyrrole nitrogens is 2. The number of imidazole rings is 1. The SMILES string of the molecule is O=C(c1ccc2[nH]c(=O)[nH]c2c1)N1CCO[C@H](c2ccc(Cl)c(Cl)c2)C1. The Bertz CT molecular complexity index is 1040. The van der Waals surface area contributed by atoms with Crippen molar-refractivity contribution in [2.24, 2.45) is 0 Å². The van der Waals surface area contributed by atoms with Crippen LogP contribution in [0.1, 0.15) is 22.0 Å². The highest BCUT2D eigenvalue weighted by Gasteiger charge is 2.26. The molecular formula is C18H15Cl2N3O3. The van der Waals surface area contributed by atoms with Crippen LogP contribution in [0.25, 0.3) is 11.0 Å². The van der Waals surface area contributed by atoms with Crippen LogP contribution in [0.4, 0.5) is 0 Å². The number of hydrogen-bond acceptors (Lipinski definition) is 3. The fourth-order valence-electron chi connectivity index (χ4n) is 3.10. The van der Waals surface area contributed by atoms with Crippen LogP contribution >= 0.6 is 23.2 Å². The predicted octanol–water partition coefficient (Wildman–Crippen LogP) is 3.38. The monoisotopic (exact) mass is 391 g/mol. The van der Waals surface area contributed by atoms with Crippen molar-refractivity contribution in [3.8, 4) is 0 Å². The van der Waals surface area contributed by atoms with E-state index in [1.54, 1.807) is 35.2 Å². The van der Waals surface area contributed by atoms with Crippen LogP contribution in [0.3, 0.4) is 0 Å². The molecule has 0 saturated carbocycles. The van der Waals surface area contributed by atoms with Crippen molar-refractivity contribution in [2.45, 2.75) is 6.10 Å². The van der Waals surface area contributed by atoms with Gasteiger partial charge in [-0.3, -0.25) is 4.79 Å². The molecule has 2 N–H and O–H groups in total. The summed E-state index contributed by atoms with van der Waals surface area (Å²) in [5, 5.41) is 0.936. The third-order valence-corrected chi connectivity index (χ3v) is 5.17. The van der Waals surface area contributed by atoms with Gasteiger partial charge in [-0.1, -0.05) is 29.3 Å². The van der Waals surface area contributed by atoms with Gasteiger partial charge in [0.1, 0.15) is 6.10 Å². The first-order valence-electron chi connectivity index (χ1n) is 8.09. The highest BCUT2D eigenvalue weighted by Crippen LogP contribution is 2.29. The number of halogens is 2. The number of aromatic amines is 2. The maximum atomic E-state index is 12.9. The van der Waals surface area contributed by atoms with Gasteiger partial charge in [0.05, 0.1) is 34.2 Å².